The Bertz CT molecular complexity index is 1300. The molecule has 0 fully saturated rings. The van der Waals surface area contributed by atoms with E-state index in [1.165, 1.54) is 14.2 Å². The molecule has 1 aliphatic heterocycles. The molecule has 0 aliphatic carbocycles. The standard InChI is InChI=1S/C29H30N2O5/c1-29(2)17-19-8-11-22(34-3)15-25(19)26(31-29)16-27(32)18-6-9-21(10-7-18)30-28(33)20-12-23(35-4)14-24(13-20)36-5/h6-16,31H,17H2,1-5H3,(H,30,33). The van der Waals surface area contributed by atoms with Gasteiger partial charge in [0.25, 0.3) is 5.91 Å². The molecule has 1 amide bonds. The van der Waals surface area contributed by atoms with E-state index in [1.54, 1.807) is 55.7 Å². The number of carbonyl (C=O) groups excluding carboxylic acids is 2. The van der Waals surface area contributed by atoms with E-state index < -0.39 is 0 Å². The summed E-state index contributed by atoms with van der Waals surface area (Å²) in [5.74, 6) is 1.33. The summed E-state index contributed by atoms with van der Waals surface area (Å²) in [6, 6.07) is 17.7. The molecule has 7 heteroatoms. The molecule has 3 aromatic rings. The maximum atomic E-state index is 13.1. The summed E-state index contributed by atoms with van der Waals surface area (Å²) >= 11 is 0. The lowest BCUT2D eigenvalue weighted by Gasteiger charge is -2.35. The van der Waals surface area contributed by atoms with Gasteiger partial charge in [-0.2, -0.15) is 0 Å². The van der Waals surface area contributed by atoms with Crippen LogP contribution in [0.4, 0.5) is 5.69 Å². The van der Waals surface area contributed by atoms with Crippen LogP contribution < -0.4 is 24.8 Å². The summed E-state index contributed by atoms with van der Waals surface area (Å²) in [7, 11) is 4.68. The molecule has 36 heavy (non-hydrogen) atoms. The van der Waals surface area contributed by atoms with E-state index in [2.05, 4.69) is 24.5 Å². The zero-order valence-corrected chi connectivity index (χ0v) is 21.1. The van der Waals surface area contributed by atoms with Crippen molar-refractivity contribution in [2.24, 2.45) is 0 Å². The van der Waals surface area contributed by atoms with E-state index in [9.17, 15) is 9.59 Å². The van der Waals surface area contributed by atoms with Crippen molar-refractivity contribution in [3.05, 3.63) is 89.0 Å². The summed E-state index contributed by atoms with van der Waals surface area (Å²) < 4.78 is 15.9. The fraction of sp³-hybridized carbons (Fsp3) is 0.241. The number of ether oxygens (including phenoxy) is 3. The molecule has 0 radical (unpaired) electrons. The van der Waals surface area contributed by atoms with Gasteiger partial charge in [-0.25, -0.2) is 0 Å². The van der Waals surface area contributed by atoms with E-state index in [0.29, 0.717) is 28.3 Å². The van der Waals surface area contributed by atoms with Crippen LogP contribution >= 0.6 is 0 Å². The summed E-state index contributed by atoms with van der Waals surface area (Å²) in [5, 5.41) is 6.32. The topological polar surface area (TPSA) is 85.9 Å². The minimum Gasteiger partial charge on any atom is -0.497 e. The van der Waals surface area contributed by atoms with Gasteiger partial charge in [-0.1, -0.05) is 6.07 Å². The Kier molecular flexibility index (Phi) is 7.01. The molecular weight excluding hydrogens is 456 g/mol. The third-order valence-corrected chi connectivity index (χ3v) is 6.03. The highest BCUT2D eigenvalue weighted by Crippen LogP contribution is 2.32. The number of benzene rings is 3. The van der Waals surface area contributed by atoms with Crippen molar-refractivity contribution in [2.75, 3.05) is 26.6 Å². The Hall–Kier alpha value is -4.26. The molecule has 0 spiro atoms. The summed E-state index contributed by atoms with van der Waals surface area (Å²) in [6.45, 7) is 4.21. The Balaban J connectivity index is 1.53. The minimum absolute atomic E-state index is 0.139. The first kappa shape index (κ1) is 24.9. The first-order valence-electron chi connectivity index (χ1n) is 11.6. The zero-order valence-electron chi connectivity index (χ0n) is 21.1. The summed E-state index contributed by atoms with van der Waals surface area (Å²) in [6.07, 6.45) is 2.46. The second-order valence-electron chi connectivity index (χ2n) is 9.26. The molecule has 1 aliphatic rings. The number of fused-ring (bicyclic) bond motifs is 1. The van der Waals surface area contributed by atoms with Crippen molar-refractivity contribution >= 4 is 23.1 Å². The number of methoxy groups -OCH3 is 3. The number of ketones is 1. The predicted octanol–water partition coefficient (Wildman–Crippen LogP) is 5.11. The van der Waals surface area contributed by atoms with Crippen molar-refractivity contribution in [2.45, 2.75) is 25.8 Å². The van der Waals surface area contributed by atoms with Gasteiger partial charge in [0.2, 0.25) is 0 Å². The number of amides is 1. The van der Waals surface area contributed by atoms with Gasteiger partial charge in [0, 0.05) is 45.8 Å². The van der Waals surface area contributed by atoms with Crippen LogP contribution in [0.1, 0.15) is 45.7 Å². The van der Waals surface area contributed by atoms with Crippen LogP contribution in [0.15, 0.2) is 66.7 Å². The van der Waals surface area contributed by atoms with E-state index in [0.717, 1.165) is 29.0 Å². The average Bonchev–Trinajstić information content (AvgIpc) is 2.87. The first-order valence-corrected chi connectivity index (χ1v) is 11.6. The molecule has 1 heterocycles. The average molecular weight is 487 g/mol. The number of hydrogen-bond donors (Lipinski definition) is 2. The van der Waals surface area contributed by atoms with E-state index in [1.807, 2.05) is 18.2 Å². The highest BCUT2D eigenvalue weighted by molar-refractivity contribution is 6.09. The third kappa shape index (κ3) is 5.51. The molecule has 0 saturated carbocycles. The van der Waals surface area contributed by atoms with Crippen molar-refractivity contribution in [3.63, 3.8) is 0 Å². The number of anilines is 1. The number of carbonyl (C=O) groups is 2. The van der Waals surface area contributed by atoms with Crippen molar-refractivity contribution < 1.29 is 23.8 Å². The normalized spacial score (nSPS) is 14.9. The smallest absolute Gasteiger partial charge is 0.255 e. The van der Waals surface area contributed by atoms with Crippen LogP contribution in [0.5, 0.6) is 17.2 Å². The van der Waals surface area contributed by atoms with Gasteiger partial charge in [0.1, 0.15) is 17.2 Å². The molecule has 2 N–H and O–H groups in total. The van der Waals surface area contributed by atoms with Crippen LogP contribution in [0.25, 0.3) is 5.70 Å². The number of allylic oxidation sites excluding steroid dienone is 1. The Morgan fingerprint density at radius 1 is 0.833 bits per heavy atom. The van der Waals surface area contributed by atoms with Gasteiger partial charge < -0.3 is 24.8 Å². The molecule has 0 bridgehead atoms. The molecule has 0 saturated heterocycles. The van der Waals surface area contributed by atoms with Gasteiger partial charge in [0.05, 0.1) is 21.3 Å². The fourth-order valence-corrected chi connectivity index (χ4v) is 4.23. The Labute approximate surface area is 211 Å². The monoisotopic (exact) mass is 486 g/mol. The molecule has 0 aromatic heterocycles. The van der Waals surface area contributed by atoms with Gasteiger partial charge in [-0.05, 0) is 74.4 Å². The second-order valence-corrected chi connectivity index (χ2v) is 9.26. The second kappa shape index (κ2) is 10.2. The molecule has 0 unspecified atom stereocenters. The van der Waals surface area contributed by atoms with Crippen molar-refractivity contribution in [1.82, 2.24) is 5.32 Å². The first-order chi connectivity index (χ1) is 17.2. The fourth-order valence-electron chi connectivity index (χ4n) is 4.23. The van der Waals surface area contributed by atoms with Gasteiger partial charge >= 0.3 is 0 Å². The quantitative estimate of drug-likeness (QED) is 0.356. The SMILES string of the molecule is COc1cc(OC)cc(C(=O)Nc2ccc(C(=O)C=C3NC(C)(C)Cc4ccc(OC)cc43)cc2)c1. The lowest BCUT2D eigenvalue weighted by atomic mass is 9.85. The minimum atomic E-state index is -0.312. The van der Waals surface area contributed by atoms with Crippen LogP contribution in [0.2, 0.25) is 0 Å². The molecule has 186 valence electrons. The lowest BCUT2D eigenvalue weighted by Crippen LogP contribution is -2.43. The maximum absolute atomic E-state index is 13.1. The Morgan fingerprint density at radius 3 is 2.08 bits per heavy atom. The van der Waals surface area contributed by atoms with Crippen LogP contribution in [0.3, 0.4) is 0 Å². The third-order valence-electron chi connectivity index (χ3n) is 6.03. The lowest BCUT2D eigenvalue weighted by molar-refractivity contribution is 0.102. The molecular formula is C29H30N2O5. The van der Waals surface area contributed by atoms with Gasteiger partial charge in [-0.15, -0.1) is 0 Å². The number of hydrogen-bond acceptors (Lipinski definition) is 6. The van der Waals surface area contributed by atoms with Crippen molar-refractivity contribution in [3.8, 4) is 17.2 Å². The number of rotatable bonds is 7. The summed E-state index contributed by atoms with van der Waals surface area (Å²) in [4.78, 5) is 25.9. The largest absolute Gasteiger partial charge is 0.497 e. The molecule has 4 rings (SSSR count). The van der Waals surface area contributed by atoms with E-state index in [4.69, 9.17) is 14.2 Å². The van der Waals surface area contributed by atoms with Gasteiger partial charge in [0.15, 0.2) is 5.78 Å². The van der Waals surface area contributed by atoms with E-state index >= 15 is 0 Å². The molecule has 7 nitrogen and oxygen atoms in total. The van der Waals surface area contributed by atoms with Gasteiger partial charge in [-0.3, -0.25) is 9.59 Å². The number of nitrogens with one attached hydrogen (secondary N) is 2. The van der Waals surface area contributed by atoms with Crippen LogP contribution in [0, 0.1) is 0 Å². The van der Waals surface area contributed by atoms with Crippen LogP contribution in [-0.2, 0) is 6.42 Å². The van der Waals surface area contributed by atoms with Crippen molar-refractivity contribution in [1.29, 1.82) is 0 Å². The molecule has 3 aromatic carbocycles. The predicted molar refractivity (Wildman–Crippen MR) is 140 cm³/mol. The Morgan fingerprint density at radius 2 is 1.47 bits per heavy atom. The maximum Gasteiger partial charge on any atom is 0.255 e. The molecule has 0 atom stereocenters. The summed E-state index contributed by atoms with van der Waals surface area (Å²) in [5.41, 5.74) is 4.16. The van der Waals surface area contributed by atoms with Crippen LogP contribution in [-0.4, -0.2) is 38.6 Å². The van der Waals surface area contributed by atoms with E-state index in [-0.39, 0.29) is 17.2 Å². The highest BCUT2D eigenvalue weighted by Gasteiger charge is 2.28. The highest BCUT2D eigenvalue weighted by atomic mass is 16.5. The zero-order chi connectivity index (χ0) is 25.9.